The first-order valence-electron chi connectivity index (χ1n) is 9.23. The highest BCUT2D eigenvalue weighted by molar-refractivity contribution is 5.94. The molecule has 0 bridgehead atoms. The largest absolute Gasteiger partial charge is 0.369 e. The summed E-state index contributed by atoms with van der Waals surface area (Å²) in [4.78, 5) is 16.8. The van der Waals surface area contributed by atoms with Crippen molar-refractivity contribution in [3.63, 3.8) is 0 Å². The van der Waals surface area contributed by atoms with Crippen LogP contribution in [0.2, 0.25) is 0 Å². The molecule has 0 aromatic heterocycles. The van der Waals surface area contributed by atoms with Gasteiger partial charge in [-0.3, -0.25) is 9.69 Å². The van der Waals surface area contributed by atoms with Crippen molar-refractivity contribution in [3.8, 4) is 6.07 Å². The third kappa shape index (κ3) is 4.46. The SMILES string of the molecule is C[C@@H](C(=O)Nc1ccc(F)c(F)c1)N1CCCN(c2ccccc2C#N)CC1. The van der Waals surface area contributed by atoms with Crippen LogP contribution in [0.25, 0.3) is 0 Å². The molecule has 146 valence electrons. The topological polar surface area (TPSA) is 59.4 Å². The minimum absolute atomic E-state index is 0.232. The van der Waals surface area contributed by atoms with Crippen LogP contribution in [0.3, 0.4) is 0 Å². The summed E-state index contributed by atoms with van der Waals surface area (Å²) in [6.07, 6.45) is 0.850. The van der Waals surface area contributed by atoms with E-state index >= 15 is 0 Å². The van der Waals surface area contributed by atoms with Crippen LogP contribution in [-0.2, 0) is 4.79 Å². The van der Waals surface area contributed by atoms with E-state index in [4.69, 9.17) is 0 Å². The highest BCUT2D eigenvalue weighted by atomic mass is 19.2. The second-order valence-corrected chi connectivity index (χ2v) is 6.80. The first kappa shape index (κ1) is 19.8. The Balaban J connectivity index is 1.63. The lowest BCUT2D eigenvalue weighted by Gasteiger charge is -2.27. The first-order valence-corrected chi connectivity index (χ1v) is 9.23. The molecular weight excluding hydrogens is 362 g/mol. The van der Waals surface area contributed by atoms with Gasteiger partial charge in [-0.15, -0.1) is 0 Å². The van der Waals surface area contributed by atoms with Crippen molar-refractivity contribution >= 4 is 17.3 Å². The summed E-state index contributed by atoms with van der Waals surface area (Å²) in [5.74, 6) is -2.21. The second kappa shape index (κ2) is 8.81. The van der Waals surface area contributed by atoms with Gasteiger partial charge in [-0.1, -0.05) is 12.1 Å². The molecule has 0 radical (unpaired) electrons. The lowest BCUT2D eigenvalue weighted by Crippen LogP contribution is -2.44. The maximum Gasteiger partial charge on any atom is 0.241 e. The van der Waals surface area contributed by atoms with Crippen LogP contribution >= 0.6 is 0 Å². The Morgan fingerprint density at radius 3 is 2.64 bits per heavy atom. The van der Waals surface area contributed by atoms with Crippen LogP contribution in [0, 0.1) is 23.0 Å². The number of hydrogen-bond donors (Lipinski definition) is 1. The number of nitrogens with zero attached hydrogens (tertiary/aromatic N) is 3. The number of anilines is 2. The number of rotatable bonds is 4. The molecule has 2 aromatic rings. The molecule has 1 aliphatic rings. The molecule has 1 N–H and O–H groups in total. The van der Waals surface area contributed by atoms with Crippen molar-refractivity contribution in [3.05, 3.63) is 59.7 Å². The number of amides is 1. The third-order valence-corrected chi connectivity index (χ3v) is 5.01. The number of hydrogen-bond acceptors (Lipinski definition) is 4. The molecule has 1 saturated heterocycles. The molecule has 1 fully saturated rings. The van der Waals surface area contributed by atoms with Crippen molar-refractivity contribution < 1.29 is 13.6 Å². The van der Waals surface area contributed by atoms with Crippen LogP contribution in [-0.4, -0.2) is 43.0 Å². The maximum absolute atomic E-state index is 13.3. The molecule has 3 rings (SSSR count). The summed E-state index contributed by atoms with van der Waals surface area (Å²) in [6, 6.07) is 12.6. The van der Waals surface area contributed by atoms with Gasteiger partial charge in [0.05, 0.1) is 17.3 Å². The summed E-state index contributed by atoms with van der Waals surface area (Å²) < 4.78 is 26.4. The summed E-state index contributed by atoms with van der Waals surface area (Å²) in [6.45, 7) is 4.69. The van der Waals surface area contributed by atoms with Crippen LogP contribution in [0.1, 0.15) is 18.9 Å². The normalized spacial score (nSPS) is 16.1. The molecule has 1 atom stereocenters. The summed E-state index contributed by atoms with van der Waals surface area (Å²) in [7, 11) is 0. The van der Waals surface area contributed by atoms with Crippen molar-refractivity contribution in [1.82, 2.24) is 4.90 Å². The Morgan fingerprint density at radius 1 is 1.11 bits per heavy atom. The lowest BCUT2D eigenvalue weighted by atomic mass is 10.1. The summed E-state index contributed by atoms with van der Waals surface area (Å²) in [5, 5.41) is 12.0. The molecule has 0 saturated carbocycles. The highest BCUT2D eigenvalue weighted by Gasteiger charge is 2.25. The van der Waals surface area contributed by atoms with Crippen LogP contribution in [0.5, 0.6) is 0 Å². The minimum Gasteiger partial charge on any atom is -0.369 e. The van der Waals surface area contributed by atoms with E-state index in [2.05, 4.69) is 21.2 Å². The molecule has 1 amide bonds. The van der Waals surface area contributed by atoms with Gasteiger partial charge in [-0.25, -0.2) is 8.78 Å². The van der Waals surface area contributed by atoms with Gasteiger partial charge in [0.1, 0.15) is 6.07 Å². The number of nitrogens with one attached hydrogen (secondary N) is 1. The van der Waals surface area contributed by atoms with Crippen LogP contribution in [0.4, 0.5) is 20.2 Å². The highest BCUT2D eigenvalue weighted by Crippen LogP contribution is 2.22. The van der Waals surface area contributed by atoms with E-state index in [1.54, 1.807) is 13.0 Å². The predicted octanol–water partition coefficient (Wildman–Crippen LogP) is 3.38. The molecule has 0 spiro atoms. The Kier molecular flexibility index (Phi) is 6.22. The molecule has 28 heavy (non-hydrogen) atoms. The molecule has 2 aromatic carbocycles. The minimum atomic E-state index is -0.993. The Morgan fingerprint density at radius 2 is 1.89 bits per heavy atom. The molecule has 0 unspecified atom stereocenters. The van der Waals surface area contributed by atoms with Gasteiger partial charge in [0.25, 0.3) is 0 Å². The van der Waals surface area contributed by atoms with Gasteiger partial charge in [-0.2, -0.15) is 5.26 Å². The first-order chi connectivity index (χ1) is 13.5. The number of nitriles is 1. The van der Waals surface area contributed by atoms with Gasteiger partial charge in [0.15, 0.2) is 11.6 Å². The van der Waals surface area contributed by atoms with E-state index in [0.29, 0.717) is 18.7 Å². The fourth-order valence-electron chi connectivity index (χ4n) is 3.40. The van der Waals surface area contributed by atoms with Crippen molar-refractivity contribution in [2.24, 2.45) is 0 Å². The fraction of sp³-hybridized carbons (Fsp3) is 0.333. The van der Waals surface area contributed by atoms with Crippen molar-refractivity contribution in [1.29, 1.82) is 5.26 Å². The third-order valence-electron chi connectivity index (χ3n) is 5.01. The number of halogens is 2. The zero-order valence-electron chi connectivity index (χ0n) is 15.7. The average molecular weight is 384 g/mol. The Labute approximate surface area is 163 Å². The maximum atomic E-state index is 13.3. The molecule has 1 heterocycles. The average Bonchev–Trinajstić information content (AvgIpc) is 2.96. The smallest absolute Gasteiger partial charge is 0.241 e. The molecule has 5 nitrogen and oxygen atoms in total. The van der Waals surface area contributed by atoms with Gasteiger partial charge in [0, 0.05) is 37.9 Å². The summed E-state index contributed by atoms with van der Waals surface area (Å²) in [5.41, 5.74) is 1.78. The van der Waals surface area contributed by atoms with E-state index in [1.165, 1.54) is 6.07 Å². The van der Waals surface area contributed by atoms with E-state index in [-0.39, 0.29) is 11.6 Å². The Hall–Kier alpha value is -2.98. The second-order valence-electron chi connectivity index (χ2n) is 6.80. The number of carbonyl (C=O) groups excluding carboxylic acids is 1. The van der Waals surface area contributed by atoms with Crippen LogP contribution < -0.4 is 10.2 Å². The number of benzene rings is 2. The van der Waals surface area contributed by atoms with Gasteiger partial charge < -0.3 is 10.2 Å². The lowest BCUT2D eigenvalue weighted by molar-refractivity contribution is -0.120. The van der Waals surface area contributed by atoms with Crippen molar-refractivity contribution in [2.75, 3.05) is 36.4 Å². The quantitative estimate of drug-likeness (QED) is 0.878. The molecule has 7 heteroatoms. The monoisotopic (exact) mass is 384 g/mol. The molecule has 1 aliphatic heterocycles. The number of carbonyl (C=O) groups is 1. The molecular formula is C21H22F2N4O. The van der Waals surface area contributed by atoms with Gasteiger partial charge >= 0.3 is 0 Å². The van der Waals surface area contributed by atoms with E-state index in [1.807, 2.05) is 18.2 Å². The van der Waals surface area contributed by atoms with E-state index in [0.717, 1.165) is 37.3 Å². The zero-order chi connectivity index (χ0) is 20.1. The predicted molar refractivity (Wildman–Crippen MR) is 104 cm³/mol. The van der Waals surface area contributed by atoms with E-state index < -0.39 is 17.7 Å². The van der Waals surface area contributed by atoms with Crippen molar-refractivity contribution in [2.45, 2.75) is 19.4 Å². The standard InChI is InChI=1S/C21H22F2N4O/c1-15(21(28)25-17-7-8-18(22)19(23)13-17)26-9-4-10-27(12-11-26)20-6-3-2-5-16(20)14-24/h2-3,5-8,13,15H,4,9-12H2,1H3,(H,25,28)/t15-/m0/s1. The number of para-hydroxylation sites is 1. The summed E-state index contributed by atoms with van der Waals surface area (Å²) >= 11 is 0. The van der Waals surface area contributed by atoms with E-state index in [9.17, 15) is 18.8 Å². The van der Waals surface area contributed by atoms with Gasteiger partial charge in [0.2, 0.25) is 5.91 Å². The zero-order valence-corrected chi connectivity index (χ0v) is 15.7. The van der Waals surface area contributed by atoms with Gasteiger partial charge in [-0.05, 0) is 37.6 Å². The molecule has 0 aliphatic carbocycles. The van der Waals surface area contributed by atoms with Crippen LogP contribution in [0.15, 0.2) is 42.5 Å². The Bertz CT molecular complexity index is 896. The fourth-order valence-corrected chi connectivity index (χ4v) is 3.40.